The summed E-state index contributed by atoms with van der Waals surface area (Å²) in [4.78, 5) is 0. The lowest BCUT2D eigenvalue weighted by molar-refractivity contribution is 0.272. The third-order valence-electron chi connectivity index (χ3n) is 2.54. The van der Waals surface area contributed by atoms with Gasteiger partial charge in [0.25, 0.3) is 0 Å². The van der Waals surface area contributed by atoms with E-state index in [1.165, 1.54) is 0 Å². The molecular weight excluding hydrogens is 192 g/mol. The van der Waals surface area contributed by atoms with Crippen LogP contribution in [0.4, 0.5) is 0 Å². The van der Waals surface area contributed by atoms with Crippen molar-refractivity contribution in [2.45, 2.75) is 6.54 Å². The molecule has 76 valence electrons. The van der Waals surface area contributed by atoms with Crippen LogP contribution < -0.4 is 0 Å². The number of benzene rings is 1. The highest BCUT2D eigenvalue weighted by molar-refractivity contribution is 6.03. The maximum absolute atomic E-state index is 8.94. The second kappa shape index (κ2) is 3.10. The molecule has 0 spiro atoms. The highest BCUT2D eigenvalue weighted by Gasteiger charge is 2.08. The van der Waals surface area contributed by atoms with Crippen LogP contribution in [-0.2, 0) is 6.54 Å². The van der Waals surface area contributed by atoms with Gasteiger partial charge in [-0.2, -0.15) is 5.10 Å². The summed E-state index contributed by atoms with van der Waals surface area (Å²) in [5, 5.41) is 15.3. The zero-order valence-corrected chi connectivity index (χ0v) is 8.05. The van der Waals surface area contributed by atoms with E-state index in [2.05, 4.69) is 5.10 Å². The highest BCUT2D eigenvalue weighted by Crippen LogP contribution is 2.25. The van der Waals surface area contributed by atoms with Crippen molar-refractivity contribution in [3.8, 4) is 0 Å². The first-order valence-electron chi connectivity index (χ1n) is 4.83. The molecule has 0 atom stereocenters. The van der Waals surface area contributed by atoms with E-state index >= 15 is 0 Å². The number of nitrogens with zero attached hydrogens (tertiary/aromatic N) is 2. The summed E-state index contributed by atoms with van der Waals surface area (Å²) in [5.41, 5.74) is 1.87. The number of aliphatic hydroxyl groups excluding tert-OH is 1. The zero-order valence-electron chi connectivity index (χ0n) is 8.05. The van der Waals surface area contributed by atoms with Crippen LogP contribution in [0, 0.1) is 0 Å². The summed E-state index contributed by atoms with van der Waals surface area (Å²) >= 11 is 0. The van der Waals surface area contributed by atoms with Crippen LogP contribution in [0.2, 0.25) is 0 Å². The predicted molar refractivity (Wildman–Crippen MR) is 56.6 cm³/mol. The molecule has 1 N–H and O–H groups in total. The van der Waals surface area contributed by atoms with Crippen LogP contribution in [0.5, 0.6) is 0 Å². The normalized spacial score (nSPS) is 11.5. The number of fused-ring (bicyclic) bond motifs is 3. The number of aliphatic hydroxyl groups is 1. The third-order valence-corrected chi connectivity index (χ3v) is 2.54. The van der Waals surface area contributed by atoms with Gasteiger partial charge in [-0.15, -0.1) is 0 Å². The molecule has 3 aromatic rings. The number of aromatic nitrogens is 2. The van der Waals surface area contributed by atoms with E-state index in [-0.39, 0.29) is 6.61 Å². The minimum absolute atomic E-state index is 0.0883. The Kier molecular flexibility index (Phi) is 1.76. The first-order chi connectivity index (χ1) is 7.40. The number of furan rings is 1. The molecular formula is C11H10N2O2. The van der Waals surface area contributed by atoms with E-state index in [4.69, 9.17) is 9.52 Å². The zero-order chi connectivity index (χ0) is 10.3. The molecule has 4 nitrogen and oxygen atoms in total. The van der Waals surface area contributed by atoms with Crippen LogP contribution in [0.3, 0.4) is 0 Å². The largest absolute Gasteiger partial charge is 0.464 e. The molecule has 2 aromatic heterocycles. The minimum atomic E-state index is 0.0883. The Morgan fingerprint density at radius 3 is 3.13 bits per heavy atom. The first kappa shape index (κ1) is 8.49. The Bertz CT molecular complexity index is 609. The Morgan fingerprint density at radius 1 is 1.33 bits per heavy atom. The van der Waals surface area contributed by atoms with E-state index in [1.54, 1.807) is 17.1 Å². The van der Waals surface area contributed by atoms with Crippen molar-refractivity contribution in [3.05, 3.63) is 30.7 Å². The van der Waals surface area contributed by atoms with Crippen molar-refractivity contribution in [3.63, 3.8) is 0 Å². The van der Waals surface area contributed by atoms with Gasteiger partial charge in [-0.1, -0.05) is 0 Å². The average Bonchev–Trinajstić information content (AvgIpc) is 2.83. The molecule has 15 heavy (non-hydrogen) atoms. The van der Waals surface area contributed by atoms with Gasteiger partial charge in [-0.05, 0) is 18.2 Å². The van der Waals surface area contributed by atoms with Gasteiger partial charge in [0, 0.05) is 10.8 Å². The Labute approximate surface area is 85.7 Å². The molecule has 0 unspecified atom stereocenters. The molecule has 0 saturated carbocycles. The summed E-state index contributed by atoms with van der Waals surface area (Å²) in [5.74, 6) is 0. The molecule has 0 aliphatic rings. The molecule has 0 saturated heterocycles. The van der Waals surface area contributed by atoms with Gasteiger partial charge < -0.3 is 9.52 Å². The fourth-order valence-electron chi connectivity index (χ4n) is 1.89. The van der Waals surface area contributed by atoms with Crippen LogP contribution in [0.25, 0.3) is 21.9 Å². The quantitative estimate of drug-likeness (QED) is 0.689. The molecule has 0 bridgehead atoms. The van der Waals surface area contributed by atoms with Gasteiger partial charge >= 0.3 is 0 Å². The lowest BCUT2D eigenvalue weighted by atomic mass is 10.2. The molecule has 0 aliphatic heterocycles. The van der Waals surface area contributed by atoms with Gasteiger partial charge in [-0.3, -0.25) is 4.68 Å². The highest BCUT2D eigenvalue weighted by atomic mass is 16.3. The molecule has 3 rings (SSSR count). The fourth-order valence-corrected chi connectivity index (χ4v) is 1.89. The maximum atomic E-state index is 8.94. The van der Waals surface area contributed by atoms with E-state index in [0.29, 0.717) is 6.54 Å². The molecule has 0 fully saturated rings. The van der Waals surface area contributed by atoms with E-state index in [1.807, 2.05) is 18.2 Å². The summed E-state index contributed by atoms with van der Waals surface area (Å²) in [6, 6.07) is 5.83. The van der Waals surface area contributed by atoms with E-state index < -0.39 is 0 Å². The SMILES string of the molecule is OCCn1ncc2ccc3occc3c21. The van der Waals surface area contributed by atoms with Crippen molar-refractivity contribution in [2.24, 2.45) is 0 Å². The molecule has 0 radical (unpaired) electrons. The van der Waals surface area contributed by atoms with Crippen molar-refractivity contribution < 1.29 is 9.52 Å². The Balaban J connectivity index is 2.41. The number of hydrogen-bond donors (Lipinski definition) is 1. The molecule has 4 heteroatoms. The first-order valence-corrected chi connectivity index (χ1v) is 4.83. The summed E-state index contributed by atoms with van der Waals surface area (Å²) in [6.45, 7) is 0.596. The minimum Gasteiger partial charge on any atom is -0.464 e. The monoisotopic (exact) mass is 202 g/mol. The fraction of sp³-hybridized carbons (Fsp3) is 0.182. The summed E-state index contributed by atoms with van der Waals surface area (Å²) in [6.07, 6.45) is 3.47. The van der Waals surface area contributed by atoms with Crippen molar-refractivity contribution in [2.75, 3.05) is 6.61 Å². The molecule has 2 heterocycles. The van der Waals surface area contributed by atoms with Crippen molar-refractivity contribution in [1.29, 1.82) is 0 Å². The van der Waals surface area contributed by atoms with Crippen molar-refractivity contribution in [1.82, 2.24) is 9.78 Å². The van der Waals surface area contributed by atoms with Crippen LogP contribution >= 0.6 is 0 Å². The standard InChI is InChI=1S/C11H10N2O2/c14-5-4-13-11-8(7-12-13)1-2-10-9(11)3-6-15-10/h1-3,6-7,14H,4-5H2. The Morgan fingerprint density at radius 2 is 2.27 bits per heavy atom. The van der Waals surface area contributed by atoms with E-state index in [0.717, 1.165) is 21.9 Å². The molecule has 0 aliphatic carbocycles. The third kappa shape index (κ3) is 1.15. The van der Waals surface area contributed by atoms with Crippen LogP contribution in [-0.4, -0.2) is 21.5 Å². The lowest BCUT2D eigenvalue weighted by Gasteiger charge is -2.00. The summed E-state index contributed by atoms with van der Waals surface area (Å²) in [7, 11) is 0. The smallest absolute Gasteiger partial charge is 0.136 e. The number of rotatable bonds is 2. The molecule has 0 amide bonds. The van der Waals surface area contributed by atoms with Gasteiger partial charge in [-0.25, -0.2) is 0 Å². The van der Waals surface area contributed by atoms with Crippen LogP contribution in [0.1, 0.15) is 0 Å². The maximum Gasteiger partial charge on any atom is 0.136 e. The lowest BCUT2D eigenvalue weighted by Crippen LogP contribution is -2.03. The van der Waals surface area contributed by atoms with Gasteiger partial charge in [0.05, 0.1) is 31.1 Å². The average molecular weight is 202 g/mol. The number of hydrogen-bond acceptors (Lipinski definition) is 3. The Hall–Kier alpha value is -1.81. The van der Waals surface area contributed by atoms with Gasteiger partial charge in [0.2, 0.25) is 0 Å². The topological polar surface area (TPSA) is 51.2 Å². The molecule has 1 aromatic carbocycles. The van der Waals surface area contributed by atoms with Crippen LogP contribution in [0.15, 0.2) is 35.1 Å². The van der Waals surface area contributed by atoms with E-state index in [9.17, 15) is 0 Å². The second-order valence-electron chi connectivity index (χ2n) is 3.43. The van der Waals surface area contributed by atoms with Crippen molar-refractivity contribution >= 4 is 21.9 Å². The van der Waals surface area contributed by atoms with Gasteiger partial charge in [0.1, 0.15) is 5.58 Å². The summed E-state index contributed by atoms with van der Waals surface area (Å²) < 4.78 is 7.12. The van der Waals surface area contributed by atoms with Gasteiger partial charge in [0.15, 0.2) is 0 Å². The predicted octanol–water partition coefficient (Wildman–Crippen LogP) is 1.77. The second-order valence-corrected chi connectivity index (χ2v) is 3.43.